The van der Waals surface area contributed by atoms with Crippen LogP contribution in [-0.2, 0) is 6.18 Å². The van der Waals surface area contributed by atoms with Crippen LogP contribution in [0.5, 0.6) is 0 Å². The average molecular weight is 273 g/mol. The van der Waals surface area contributed by atoms with Crippen LogP contribution in [-0.4, -0.2) is 15.3 Å². The average Bonchev–Trinajstić information content (AvgIpc) is 2.80. The van der Waals surface area contributed by atoms with E-state index in [1.54, 1.807) is 0 Å². The molecule has 0 saturated carbocycles. The number of benzene rings is 1. The van der Waals surface area contributed by atoms with Crippen molar-refractivity contribution in [3.05, 3.63) is 41.7 Å². The van der Waals surface area contributed by atoms with Crippen molar-refractivity contribution in [1.82, 2.24) is 9.36 Å². The van der Waals surface area contributed by atoms with Crippen molar-refractivity contribution < 1.29 is 18.0 Å². The van der Waals surface area contributed by atoms with E-state index in [0.717, 1.165) is 23.7 Å². The number of carbonyl (C=O) groups excluding carboxylic acids is 1. The van der Waals surface area contributed by atoms with Crippen LogP contribution < -0.4 is 5.32 Å². The molecule has 94 valence electrons. The summed E-state index contributed by atoms with van der Waals surface area (Å²) in [4.78, 5) is 15.4. The minimum atomic E-state index is -4.57. The number of aromatic nitrogens is 2. The fraction of sp³-hybridized carbons (Fsp3) is 0.100. The van der Waals surface area contributed by atoms with Gasteiger partial charge in [-0.2, -0.15) is 17.5 Å². The maximum absolute atomic E-state index is 12.7. The van der Waals surface area contributed by atoms with E-state index >= 15 is 0 Å². The van der Waals surface area contributed by atoms with Gasteiger partial charge in [0.15, 0.2) is 0 Å². The molecule has 2 aromatic rings. The van der Waals surface area contributed by atoms with Crippen molar-refractivity contribution in [1.29, 1.82) is 0 Å². The van der Waals surface area contributed by atoms with E-state index in [0.29, 0.717) is 0 Å². The highest BCUT2D eigenvalue weighted by atomic mass is 32.1. The number of nitrogens with one attached hydrogen (secondary N) is 1. The van der Waals surface area contributed by atoms with Crippen LogP contribution in [0.3, 0.4) is 0 Å². The zero-order valence-electron chi connectivity index (χ0n) is 8.73. The second-order valence-electron chi connectivity index (χ2n) is 3.24. The van der Waals surface area contributed by atoms with Crippen molar-refractivity contribution in [3.8, 4) is 0 Å². The van der Waals surface area contributed by atoms with Gasteiger partial charge in [-0.1, -0.05) is 12.1 Å². The summed E-state index contributed by atoms with van der Waals surface area (Å²) in [5, 5.41) is 2.41. The Morgan fingerprint density at radius 2 is 2.00 bits per heavy atom. The van der Waals surface area contributed by atoms with Crippen molar-refractivity contribution in [2.45, 2.75) is 6.18 Å². The van der Waals surface area contributed by atoms with Crippen LogP contribution in [0.25, 0.3) is 0 Å². The van der Waals surface area contributed by atoms with E-state index in [1.807, 2.05) is 0 Å². The number of amides is 1. The molecule has 18 heavy (non-hydrogen) atoms. The fourth-order valence-corrected chi connectivity index (χ4v) is 1.75. The van der Waals surface area contributed by atoms with Crippen LogP contribution in [0, 0.1) is 0 Å². The summed E-state index contributed by atoms with van der Waals surface area (Å²) in [6, 6.07) is 4.56. The second kappa shape index (κ2) is 4.73. The molecule has 0 aliphatic rings. The third-order valence-corrected chi connectivity index (χ3v) is 2.64. The third kappa shape index (κ3) is 2.65. The Morgan fingerprint density at radius 3 is 2.61 bits per heavy atom. The molecule has 2 rings (SSSR count). The first-order chi connectivity index (χ1) is 8.48. The molecular weight excluding hydrogens is 267 g/mol. The minimum Gasteiger partial charge on any atom is -0.297 e. The lowest BCUT2D eigenvalue weighted by Gasteiger charge is -2.11. The second-order valence-corrected chi connectivity index (χ2v) is 4.02. The molecule has 0 spiro atoms. The van der Waals surface area contributed by atoms with E-state index in [4.69, 9.17) is 0 Å². The predicted octanol–water partition coefficient (Wildman–Crippen LogP) is 2.81. The van der Waals surface area contributed by atoms with Gasteiger partial charge in [0.1, 0.15) is 6.33 Å². The molecule has 0 atom stereocenters. The summed E-state index contributed by atoms with van der Waals surface area (Å²) in [6.45, 7) is 0. The Morgan fingerprint density at radius 1 is 1.28 bits per heavy atom. The molecule has 1 aromatic heterocycles. The lowest BCUT2D eigenvalue weighted by Crippen LogP contribution is -2.18. The van der Waals surface area contributed by atoms with Crippen molar-refractivity contribution >= 4 is 22.6 Å². The number of anilines is 1. The molecule has 0 radical (unpaired) electrons. The van der Waals surface area contributed by atoms with Gasteiger partial charge in [-0.3, -0.25) is 10.1 Å². The van der Waals surface area contributed by atoms with Gasteiger partial charge in [0.2, 0.25) is 5.13 Å². The normalized spacial score (nSPS) is 11.3. The van der Waals surface area contributed by atoms with Crippen LogP contribution in [0.2, 0.25) is 0 Å². The Bertz CT molecular complexity index is 554. The summed E-state index contributed by atoms with van der Waals surface area (Å²) in [7, 11) is 0. The lowest BCUT2D eigenvalue weighted by atomic mass is 10.1. The van der Waals surface area contributed by atoms with E-state index in [1.165, 1.54) is 18.5 Å². The van der Waals surface area contributed by atoms with Crippen LogP contribution in [0.1, 0.15) is 15.9 Å². The van der Waals surface area contributed by atoms with Crippen LogP contribution >= 0.6 is 11.5 Å². The number of halogens is 3. The maximum atomic E-state index is 12.7. The molecule has 0 fully saturated rings. The molecule has 1 N–H and O–H groups in total. The number of nitrogens with zero attached hydrogens (tertiary/aromatic N) is 2. The predicted molar refractivity (Wildman–Crippen MR) is 59.3 cm³/mol. The zero-order valence-corrected chi connectivity index (χ0v) is 9.55. The van der Waals surface area contributed by atoms with Gasteiger partial charge in [0.25, 0.3) is 5.91 Å². The quantitative estimate of drug-likeness (QED) is 0.915. The summed E-state index contributed by atoms with van der Waals surface area (Å²) >= 11 is 0.885. The molecule has 1 amide bonds. The van der Waals surface area contributed by atoms with Gasteiger partial charge in [-0.25, -0.2) is 4.98 Å². The lowest BCUT2D eigenvalue weighted by molar-refractivity contribution is -0.137. The highest BCUT2D eigenvalue weighted by Gasteiger charge is 2.34. The van der Waals surface area contributed by atoms with Gasteiger partial charge in [-0.05, 0) is 12.1 Å². The number of hydrogen-bond acceptors (Lipinski definition) is 4. The first kappa shape index (κ1) is 12.5. The number of rotatable bonds is 2. The Kier molecular flexibility index (Phi) is 3.28. The summed E-state index contributed by atoms with van der Waals surface area (Å²) in [5.74, 6) is -0.861. The smallest absolute Gasteiger partial charge is 0.297 e. The van der Waals surface area contributed by atoms with Gasteiger partial charge in [0.05, 0.1) is 11.1 Å². The van der Waals surface area contributed by atoms with Crippen molar-refractivity contribution in [2.75, 3.05) is 5.32 Å². The highest BCUT2D eigenvalue weighted by molar-refractivity contribution is 7.09. The Balaban J connectivity index is 2.31. The summed E-state index contributed by atoms with van der Waals surface area (Å²) < 4.78 is 41.7. The van der Waals surface area contributed by atoms with Gasteiger partial charge < -0.3 is 0 Å². The first-order valence-electron chi connectivity index (χ1n) is 4.73. The molecule has 8 heteroatoms. The number of carbonyl (C=O) groups is 1. The van der Waals surface area contributed by atoms with Gasteiger partial charge in [0, 0.05) is 11.5 Å². The molecule has 0 aliphatic heterocycles. The number of hydrogen-bond donors (Lipinski definition) is 1. The van der Waals surface area contributed by atoms with E-state index in [9.17, 15) is 18.0 Å². The highest BCUT2D eigenvalue weighted by Crippen LogP contribution is 2.32. The number of alkyl halides is 3. The van der Waals surface area contributed by atoms with Crippen LogP contribution in [0.15, 0.2) is 30.6 Å². The van der Waals surface area contributed by atoms with E-state index in [2.05, 4.69) is 14.7 Å². The molecule has 4 nitrogen and oxygen atoms in total. The Hall–Kier alpha value is -1.96. The maximum Gasteiger partial charge on any atom is 0.417 e. The van der Waals surface area contributed by atoms with E-state index < -0.39 is 23.2 Å². The SMILES string of the molecule is O=C(Nc1ncns1)c1ccccc1C(F)(F)F. The largest absolute Gasteiger partial charge is 0.417 e. The van der Waals surface area contributed by atoms with Crippen LogP contribution in [0.4, 0.5) is 18.3 Å². The molecule has 0 unspecified atom stereocenters. The van der Waals surface area contributed by atoms with Crippen molar-refractivity contribution in [2.24, 2.45) is 0 Å². The molecule has 1 heterocycles. The molecule has 0 saturated heterocycles. The zero-order chi connectivity index (χ0) is 13.2. The van der Waals surface area contributed by atoms with Crippen molar-refractivity contribution in [3.63, 3.8) is 0 Å². The summed E-state index contributed by atoms with van der Waals surface area (Å²) in [5.41, 5.74) is -1.42. The first-order valence-corrected chi connectivity index (χ1v) is 5.50. The molecule has 0 bridgehead atoms. The molecular formula is C10H6F3N3OS. The molecule has 1 aromatic carbocycles. The fourth-order valence-electron chi connectivity index (χ4n) is 1.32. The van der Waals surface area contributed by atoms with E-state index in [-0.39, 0.29) is 5.13 Å². The minimum absolute atomic E-state index is 0.150. The standard InChI is InChI=1S/C10H6F3N3OS/c11-10(12,13)7-4-2-1-3-6(7)8(17)16-9-14-5-15-18-9/h1-5H,(H,14,15,16,17). The summed E-state index contributed by atoms with van der Waals surface area (Å²) in [6.07, 6.45) is -3.37. The topological polar surface area (TPSA) is 54.9 Å². The monoisotopic (exact) mass is 273 g/mol. The van der Waals surface area contributed by atoms with Gasteiger partial charge in [-0.15, -0.1) is 0 Å². The molecule has 0 aliphatic carbocycles. The third-order valence-electron chi connectivity index (χ3n) is 2.06. The van der Waals surface area contributed by atoms with Gasteiger partial charge >= 0.3 is 6.18 Å². The Labute approximate surface area is 104 Å².